The lowest BCUT2D eigenvalue weighted by Crippen LogP contribution is -2.12. The van der Waals surface area contributed by atoms with Gasteiger partial charge in [-0.2, -0.15) is 10.2 Å². The van der Waals surface area contributed by atoms with Crippen LogP contribution >= 0.6 is 11.3 Å². The van der Waals surface area contributed by atoms with Crippen LogP contribution < -0.4 is 0 Å². The summed E-state index contributed by atoms with van der Waals surface area (Å²) in [5.41, 5.74) is 5.91. The number of pyridine rings is 2. The average Bonchev–Trinajstić information content (AvgIpc) is 3.52. The van der Waals surface area contributed by atoms with Gasteiger partial charge in [0.05, 0.1) is 23.1 Å². The molecule has 0 aromatic carbocycles. The van der Waals surface area contributed by atoms with E-state index in [9.17, 15) is 0 Å². The maximum absolute atomic E-state index is 4.57. The molecule has 1 unspecified atom stereocenters. The zero-order valence-electron chi connectivity index (χ0n) is 16.5. The van der Waals surface area contributed by atoms with Crippen molar-refractivity contribution in [3.63, 3.8) is 0 Å². The quantitative estimate of drug-likeness (QED) is 0.454. The van der Waals surface area contributed by atoms with E-state index in [-0.39, 0.29) is 5.92 Å². The van der Waals surface area contributed by atoms with Crippen LogP contribution in [0.3, 0.4) is 0 Å². The van der Waals surface area contributed by atoms with Crippen molar-refractivity contribution >= 4 is 39.5 Å². The van der Waals surface area contributed by atoms with Gasteiger partial charge in [0.15, 0.2) is 5.65 Å². The van der Waals surface area contributed by atoms with E-state index in [2.05, 4.69) is 61.4 Å². The first-order chi connectivity index (χ1) is 14.7. The van der Waals surface area contributed by atoms with Gasteiger partial charge in [0.1, 0.15) is 0 Å². The van der Waals surface area contributed by atoms with Crippen LogP contribution in [0, 0.1) is 6.92 Å². The van der Waals surface area contributed by atoms with Crippen molar-refractivity contribution < 1.29 is 0 Å². The molecule has 5 aromatic rings. The van der Waals surface area contributed by atoms with Crippen LogP contribution in [0.5, 0.6) is 0 Å². The SMILES string of the molecule is Cc1ccc(-c2cncc3[nH]c(-c4[nH]nc5ncc(C6C=NN(C)C6)cc45)cc23)s1. The number of aryl methyl sites for hydroxylation is 1. The Morgan fingerprint density at radius 1 is 1.13 bits per heavy atom. The molecular weight excluding hydrogens is 394 g/mol. The molecule has 1 aliphatic heterocycles. The van der Waals surface area contributed by atoms with Crippen LogP contribution in [-0.2, 0) is 0 Å². The molecule has 1 aliphatic rings. The fourth-order valence-electron chi connectivity index (χ4n) is 4.05. The van der Waals surface area contributed by atoms with Gasteiger partial charge in [-0.3, -0.25) is 15.1 Å². The molecule has 0 saturated heterocycles. The van der Waals surface area contributed by atoms with Gasteiger partial charge in [0.25, 0.3) is 0 Å². The van der Waals surface area contributed by atoms with Gasteiger partial charge < -0.3 is 4.98 Å². The molecule has 0 radical (unpaired) electrons. The Balaban J connectivity index is 1.48. The van der Waals surface area contributed by atoms with Gasteiger partial charge in [-0.1, -0.05) is 0 Å². The van der Waals surface area contributed by atoms with E-state index in [4.69, 9.17) is 0 Å². The highest BCUT2D eigenvalue weighted by Gasteiger charge is 2.20. The third-order valence-corrected chi connectivity index (χ3v) is 6.62. The van der Waals surface area contributed by atoms with Crippen molar-refractivity contribution in [2.45, 2.75) is 12.8 Å². The molecule has 6 heterocycles. The van der Waals surface area contributed by atoms with Crippen LogP contribution in [0.15, 0.2) is 48.0 Å². The molecule has 0 amide bonds. The van der Waals surface area contributed by atoms with Crippen LogP contribution in [-0.4, -0.2) is 50.0 Å². The molecule has 2 N–H and O–H groups in total. The fraction of sp³-hybridized carbons (Fsp3) is 0.182. The molecule has 0 bridgehead atoms. The minimum Gasteiger partial charge on any atom is -0.352 e. The van der Waals surface area contributed by atoms with Gasteiger partial charge in [0, 0.05) is 64.2 Å². The smallest absolute Gasteiger partial charge is 0.181 e. The number of aromatic nitrogens is 5. The van der Waals surface area contributed by atoms with Crippen molar-refractivity contribution in [2.75, 3.05) is 13.6 Å². The predicted molar refractivity (Wildman–Crippen MR) is 121 cm³/mol. The highest BCUT2D eigenvalue weighted by Crippen LogP contribution is 2.36. The molecule has 6 rings (SSSR count). The number of hydrazone groups is 1. The molecule has 7 nitrogen and oxygen atoms in total. The average molecular weight is 414 g/mol. The molecule has 0 fully saturated rings. The number of nitrogens with zero attached hydrogens (tertiary/aromatic N) is 5. The third kappa shape index (κ3) is 2.72. The number of hydrogen-bond acceptors (Lipinski definition) is 6. The van der Waals surface area contributed by atoms with E-state index in [1.54, 1.807) is 11.3 Å². The van der Waals surface area contributed by atoms with Crippen molar-refractivity contribution in [1.29, 1.82) is 0 Å². The zero-order chi connectivity index (χ0) is 20.2. The summed E-state index contributed by atoms with van der Waals surface area (Å²) in [5, 5.41) is 16.1. The lowest BCUT2D eigenvalue weighted by atomic mass is 10.0. The second-order valence-electron chi connectivity index (χ2n) is 7.69. The summed E-state index contributed by atoms with van der Waals surface area (Å²) >= 11 is 1.78. The number of thiophene rings is 1. The second-order valence-corrected chi connectivity index (χ2v) is 8.98. The minimum absolute atomic E-state index is 0.246. The summed E-state index contributed by atoms with van der Waals surface area (Å²) in [6, 6.07) is 8.65. The normalized spacial score (nSPS) is 16.3. The summed E-state index contributed by atoms with van der Waals surface area (Å²) in [6.45, 7) is 2.99. The number of aromatic amines is 2. The van der Waals surface area contributed by atoms with Crippen molar-refractivity contribution in [3.05, 3.63) is 53.3 Å². The molecule has 30 heavy (non-hydrogen) atoms. The van der Waals surface area contributed by atoms with Crippen molar-refractivity contribution in [3.8, 4) is 21.8 Å². The first kappa shape index (κ1) is 17.3. The van der Waals surface area contributed by atoms with Gasteiger partial charge in [0.2, 0.25) is 0 Å². The van der Waals surface area contributed by atoms with Crippen molar-refractivity contribution in [1.82, 2.24) is 30.2 Å². The Kier molecular flexibility index (Phi) is 3.76. The molecule has 0 saturated carbocycles. The standard InChI is InChI=1S/C22H19N7S/c1-12-3-4-20(30-12)17-9-23-10-19-15(17)6-18(26-19)21-16-5-13(7-24-22(16)28-27-21)14-8-25-29(2)11-14/h3-10,14,26H,11H2,1-2H3,(H,24,27,28). The molecule has 0 aliphatic carbocycles. The van der Waals surface area contributed by atoms with E-state index in [0.29, 0.717) is 5.65 Å². The molecule has 148 valence electrons. The summed E-state index contributed by atoms with van der Waals surface area (Å²) in [4.78, 5) is 15.0. The van der Waals surface area contributed by atoms with E-state index in [0.717, 1.165) is 45.3 Å². The maximum Gasteiger partial charge on any atom is 0.181 e. The Morgan fingerprint density at radius 2 is 2.07 bits per heavy atom. The number of rotatable bonds is 3. The van der Waals surface area contributed by atoms with Gasteiger partial charge >= 0.3 is 0 Å². The van der Waals surface area contributed by atoms with Crippen LogP contribution in [0.4, 0.5) is 0 Å². The molecule has 0 spiro atoms. The van der Waals surface area contributed by atoms with Crippen molar-refractivity contribution in [2.24, 2.45) is 5.10 Å². The number of hydrogen-bond donors (Lipinski definition) is 2. The molecular formula is C22H19N7S. The fourth-order valence-corrected chi connectivity index (χ4v) is 4.94. The number of fused-ring (bicyclic) bond motifs is 2. The van der Waals surface area contributed by atoms with Gasteiger partial charge in [-0.15, -0.1) is 11.3 Å². The Labute approximate surface area is 176 Å². The number of likely N-dealkylation sites (N-methyl/N-ethyl adjacent to an activating group) is 1. The predicted octanol–water partition coefficient (Wildman–Crippen LogP) is 4.55. The highest BCUT2D eigenvalue weighted by atomic mass is 32.1. The van der Waals surface area contributed by atoms with Gasteiger partial charge in [-0.05, 0) is 36.8 Å². The summed E-state index contributed by atoms with van der Waals surface area (Å²) < 4.78 is 0. The summed E-state index contributed by atoms with van der Waals surface area (Å²) in [7, 11) is 1.98. The summed E-state index contributed by atoms with van der Waals surface area (Å²) in [5.74, 6) is 0.246. The first-order valence-electron chi connectivity index (χ1n) is 9.79. The minimum atomic E-state index is 0.246. The third-order valence-electron chi connectivity index (χ3n) is 5.58. The Morgan fingerprint density at radius 3 is 2.87 bits per heavy atom. The van der Waals surface area contributed by atoms with Gasteiger partial charge in [-0.25, -0.2) is 4.98 Å². The zero-order valence-corrected chi connectivity index (χ0v) is 17.4. The monoisotopic (exact) mass is 413 g/mol. The molecule has 5 aromatic heterocycles. The van der Waals surface area contributed by atoms with E-state index in [1.807, 2.05) is 36.9 Å². The van der Waals surface area contributed by atoms with E-state index < -0.39 is 0 Å². The Bertz CT molecular complexity index is 1420. The Hall–Kier alpha value is -3.52. The van der Waals surface area contributed by atoms with E-state index in [1.165, 1.54) is 9.75 Å². The lowest BCUT2D eigenvalue weighted by Gasteiger charge is -2.10. The lowest BCUT2D eigenvalue weighted by molar-refractivity contribution is 0.381. The molecule has 1 atom stereocenters. The largest absolute Gasteiger partial charge is 0.352 e. The molecule has 8 heteroatoms. The maximum atomic E-state index is 4.57. The summed E-state index contributed by atoms with van der Waals surface area (Å²) in [6.07, 6.45) is 7.68. The van der Waals surface area contributed by atoms with Crippen LogP contribution in [0.25, 0.3) is 43.8 Å². The number of nitrogens with one attached hydrogen (secondary N) is 2. The topological polar surface area (TPSA) is 85.8 Å². The first-order valence-corrected chi connectivity index (χ1v) is 10.6. The number of H-pyrrole nitrogens is 2. The van der Waals surface area contributed by atoms with E-state index >= 15 is 0 Å². The van der Waals surface area contributed by atoms with Crippen LogP contribution in [0.2, 0.25) is 0 Å². The van der Waals surface area contributed by atoms with Crippen LogP contribution in [0.1, 0.15) is 16.4 Å². The highest BCUT2D eigenvalue weighted by molar-refractivity contribution is 7.15. The second kappa shape index (κ2) is 6.50.